The molecule has 0 N–H and O–H groups in total. The standard InChI is InChI=1S/C32H24FN3OS/c1-3-31-35-15-16-36(31)22-13-11-20-7-6-9-23(26(20)18-22)21-12-14-25-29(17-21)38-30(32(25)34-2)19-28(37)24-8-4-5-10-27(24)33/h3-11,13,15-16,18,21H,1,12,14,17,19H2. The van der Waals surface area contributed by atoms with Gasteiger partial charge in [0, 0.05) is 29.4 Å². The van der Waals surface area contributed by atoms with Crippen molar-refractivity contribution in [3.63, 3.8) is 0 Å². The quantitative estimate of drug-likeness (QED) is 0.169. The molecule has 0 saturated heterocycles. The number of thiophene rings is 1. The number of rotatable bonds is 6. The van der Waals surface area contributed by atoms with Crippen LogP contribution in [-0.2, 0) is 19.3 Å². The molecule has 2 heterocycles. The molecular weight excluding hydrogens is 493 g/mol. The number of benzene rings is 3. The Morgan fingerprint density at radius 1 is 1.21 bits per heavy atom. The summed E-state index contributed by atoms with van der Waals surface area (Å²) in [5.41, 5.74) is 4.06. The number of fused-ring (bicyclic) bond motifs is 2. The number of carbonyl (C=O) groups is 1. The summed E-state index contributed by atoms with van der Waals surface area (Å²) in [5, 5.41) is 2.39. The molecule has 6 heteroatoms. The van der Waals surface area contributed by atoms with Crippen LogP contribution < -0.4 is 0 Å². The van der Waals surface area contributed by atoms with Crippen molar-refractivity contribution in [3.8, 4) is 5.69 Å². The van der Waals surface area contributed by atoms with E-state index in [1.54, 1.807) is 35.7 Å². The lowest BCUT2D eigenvalue weighted by Gasteiger charge is -2.24. The normalized spacial score (nSPS) is 14.7. The molecule has 1 atom stereocenters. The first-order valence-corrected chi connectivity index (χ1v) is 13.4. The van der Waals surface area contributed by atoms with Gasteiger partial charge in [0.25, 0.3) is 0 Å². The number of hydrogen-bond acceptors (Lipinski definition) is 3. The Morgan fingerprint density at radius 3 is 2.89 bits per heavy atom. The molecule has 2 aromatic heterocycles. The van der Waals surface area contributed by atoms with E-state index in [1.807, 2.05) is 10.8 Å². The summed E-state index contributed by atoms with van der Waals surface area (Å²) in [7, 11) is 0. The zero-order valence-electron chi connectivity index (χ0n) is 20.7. The van der Waals surface area contributed by atoms with Gasteiger partial charge in [-0.1, -0.05) is 43.0 Å². The van der Waals surface area contributed by atoms with Crippen molar-refractivity contribution in [3.05, 3.63) is 129 Å². The fourth-order valence-electron chi connectivity index (χ4n) is 5.54. The van der Waals surface area contributed by atoms with E-state index < -0.39 is 5.82 Å². The molecule has 0 spiro atoms. The van der Waals surface area contributed by atoms with Crippen LogP contribution in [0.15, 0.2) is 79.6 Å². The van der Waals surface area contributed by atoms with Gasteiger partial charge in [-0.15, -0.1) is 0 Å². The lowest BCUT2D eigenvalue weighted by molar-refractivity contribution is 0.0990. The fourth-order valence-corrected chi connectivity index (χ4v) is 6.92. The van der Waals surface area contributed by atoms with E-state index in [0.29, 0.717) is 11.6 Å². The summed E-state index contributed by atoms with van der Waals surface area (Å²) in [6.45, 7) is 11.7. The third-order valence-electron chi connectivity index (χ3n) is 7.38. The molecule has 1 aliphatic carbocycles. The molecule has 3 aromatic carbocycles. The van der Waals surface area contributed by atoms with E-state index in [0.717, 1.165) is 41.2 Å². The van der Waals surface area contributed by atoms with Gasteiger partial charge in [-0.05, 0) is 82.3 Å². The number of Topliss-reactive ketones (excluding diaryl/α,β-unsaturated/α-hetero) is 1. The van der Waals surface area contributed by atoms with Crippen molar-refractivity contribution < 1.29 is 9.18 Å². The molecule has 0 saturated carbocycles. The summed E-state index contributed by atoms with van der Waals surface area (Å²) < 4.78 is 16.2. The predicted molar refractivity (Wildman–Crippen MR) is 151 cm³/mol. The van der Waals surface area contributed by atoms with Crippen LogP contribution in [0.1, 0.15) is 49.4 Å². The first-order chi connectivity index (χ1) is 18.6. The minimum Gasteiger partial charge on any atom is -0.300 e. The fraction of sp³-hybridized carbons (Fsp3) is 0.156. The highest BCUT2D eigenvalue weighted by molar-refractivity contribution is 7.13. The van der Waals surface area contributed by atoms with Crippen LogP contribution in [0.25, 0.3) is 27.4 Å². The lowest BCUT2D eigenvalue weighted by atomic mass is 9.81. The molecular formula is C32H24FN3OS. The van der Waals surface area contributed by atoms with Crippen molar-refractivity contribution in [1.82, 2.24) is 9.55 Å². The number of hydrogen-bond donors (Lipinski definition) is 0. The van der Waals surface area contributed by atoms with Crippen molar-refractivity contribution in [2.45, 2.75) is 31.6 Å². The van der Waals surface area contributed by atoms with E-state index in [-0.39, 0.29) is 17.8 Å². The number of imidazole rings is 1. The van der Waals surface area contributed by atoms with Crippen LogP contribution in [0.4, 0.5) is 10.1 Å². The highest BCUT2D eigenvalue weighted by atomic mass is 32.1. The molecule has 5 aromatic rings. The molecule has 4 nitrogen and oxygen atoms in total. The highest BCUT2D eigenvalue weighted by Gasteiger charge is 2.28. The first-order valence-electron chi connectivity index (χ1n) is 12.5. The zero-order valence-corrected chi connectivity index (χ0v) is 21.5. The minimum absolute atomic E-state index is 0.0507. The number of carbonyl (C=O) groups excluding carboxylic acids is 1. The molecule has 0 fully saturated rings. The predicted octanol–water partition coefficient (Wildman–Crippen LogP) is 8.12. The number of aromatic nitrogens is 2. The average molecular weight is 518 g/mol. The Morgan fingerprint density at radius 2 is 2.08 bits per heavy atom. The Kier molecular flexibility index (Phi) is 6.22. The Balaban J connectivity index is 1.33. The SMILES string of the molecule is [C-]#[N+]c1c(CC(=O)c2ccccc2F)sc2c1CCC(c1cccc3ccc(-n4ccnc4C=C)cc13)C2. The van der Waals surface area contributed by atoms with Gasteiger partial charge in [-0.2, -0.15) is 11.3 Å². The van der Waals surface area contributed by atoms with Crippen molar-refractivity contribution in [2.24, 2.45) is 0 Å². The number of ketones is 1. The topological polar surface area (TPSA) is 39.2 Å². The van der Waals surface area contributed by atoms with Gasteiger partial charge in [0.05, 0.1) is 12.1 Å². The Labute approximate surface area is 224 Å². The van der Waals surface area contributed by atoms with Gasteiger partial charge in [-0.25, -0.2) is 14.2 Å². The van der Waals surface area contributed by atoms with Crippen LogP contribution in [-0.4, -0.2) is 15.3 Å². The highest BCUT2D eigenvalue weighted by Crippen LogP contribution is 2.45. The zero-order chi connectivity index (χ0) is 26.2. The molecule has 6 rings (SSSR count). The summed E-state index contributed by atoms with van der Waals surface area (Å²) in [6, 6.07) is 18.9. The monoisotopic (exact) mass is 517 g/mol. The third kappa shape index (κ3) is 4.15. The van der Waals surface area contributed by atoms with E-state index >= 15 is 0 Å². The largest absolute Gasteiger partial charge is 0.300 e. The van der Waals surface area contributed by atoms with Gasteiger partial charge < -0.3 is 4.57 Å². The maximum absolute atomic E-state index is 14.2. The van der Waals surface area contributed by atoms with Gasteiger partial charge in [-0.3, -0.25) is 4.79 Å². The molecule has 1 unspecified atom stereocenters. The van der Waals surface area contributed by atoms with Crippen molar-refractivity contribution >= 4 is 39.7 Å². The van der Waals surface area contributed by atoms with E-state index in [9.17, 15) is 9.18 Å². The van der Waals surface area contributed by atoms with Gasteiger partial charge >= 0.3 is 0 Å². The third-order valence-corrected chi connectivity index (χ3v) is 8.63. The molecule has 38 heavy (non-hydrogen) atoms. The second-order valence-corrected chi connectivity index (χ2v) is 10.7. The average Bonchev–Trinajstić information content (AvgIpc) is 3.56. The summed E-state index contributed by atoms with van der Waals surface area (Å²) >= 11 is 1.54. The Bertz CT molecular complexity index is 1760. The summed E-state index contributed by atoms with van der Waals surface area (Å²) in [6.07, 6.45) is 8.06. The van der Waals surface area contributed by atoms with Crippen LogP contribution >= 0.6 is 11.3 Å². The lowest BCUT2D eigenvalue weighted by Crippen LogP contribution is -2.11. The van der Waals surface area contributed by atoms with Crippen LogP contribution in [0.3, 0.4) is 0 Å². The van der Waals surface area contributed by atoms with Crippen molar-refractivity contribution in [2.75, 3.05) is 0 Å². The molecule has 1 aliphatic rings. The molecule has 186 valence electrons. The van der Waals surface area contributed by atoms with Gasteiger partial charge in [0.2, 0.25) is 5.69 Å². The van der Waals surface area contributed by atoms with Gasteiger partial charge in [0.1, 0.15) is 11.6 Å². The Hall–Kier alpha value is -4.34. The number of halogens is 1. The molecule has 0 radical (unpaired) electrons. The van der Waals surface area contributed by atoms with Crippen molar-refractivity contribution in [1.29, 1.82) is 0 Å². The van der Waals surface area contributed by atoms with E-state index in [4.69, 9.17) is 6.57 Å². The second kappa shape index (κ2) is 9.85. The second-order valence-electron chi connectivity index (χ2n) is 9.52. The first kappa shape index (κ1) is 24.0. The smallest absolute Gasteiger partial charge is 0.204 e. The summed E-state index contributed by atoms with van der Waals surface area (Å²) in [5.74, 6) is 0.292. The van der Waals surface area contributed by atoms with Crippen LogP contribution in [0, 0.1) is 12.4 Å². The van der Waals surface area contributed by atoms with E-state index in [2.05, 4.69) is 52.8 Å². The van der Waals surface area contributed by atoms with E-state index in [1.165, 1.54) is 33.3 Å². The number of nitrogens with zero attached hydrogens (tertiary/aromatic N) is 3. The van der Waals surface area contributed by atoms with Crippen LogP contribution in [0.5, 0.6) is 0 Å². The molecule has 0 aliphatic heterocycles. The summed E-state index contributed by atoms with van der Waals surface area (Å²) in [4.78, 5) is 23.0. The maximum Gasteiger partial charge on any atom is 0.204 e. The van der Waals surface area contributed by atoms with Gasteiger partial charge in [0.15, 0.2) is 5.78 Å². The maximum atomic E-state index is 14.2. The molecule has 0 amide bonds. The van der Waals surface area contributed by atoms with Crippen LogP contribution in [0.2, 0.25) is 0 Å². The molecule has 0 bridgehead atoms. The minimum atomic E-state index is -0.519.